The highest BCUT2D eigenvalue weighted by atomic mass is 32.2. The molecule has 0 bridgehead atoms. The molecule has 0 aliphatic carbocycles. The van der Waals surface area contributed by atoms with Crippen LogP contribution in [0.3, 0.4) is 0 Å². The van der Waals surface area contributed by atoms with Gasteiger partial charge in [-0.25, -0.2) is 8.42 Å². The number of thioether (sulfide) groups is 1. The summed E-state index contributed by atoms with van der Waals surface area (Å²) >= 11 is 1.58. The molecule has 2 rings (SSSR count). The number of carbonyl (C=O) groups is 1. The van der Waals surface area contributed by atoms with Gasteiger partial charge in [-0.15, -0.1) is 0 Å². The zero-order chi connectivity index (χ0) is 21.8. The lowest BCUT2D eigenvalue weighted by Crippen LogP contribution is -2.47. The van der Waals surface area contributed by atoms with Gasteiger partial charge in [0.2, 0.25) is 15.9 Å². The molecular weight excluding hydrogens is 416 g/mol. The van der Waals surface area contributed by atoms with Crippen LogP contribution in [0, 0.1) is 0 Å². The van der Waals surface area contributed by atoms with E-state index in [0.29, 0.717) is 18.7 Å². The Balaban J connectivity index is 2.02. The van der Waals surface area contributed by atoms with Gasteiger partial charge in [0.1, 0.15) is 6.04 Å². The van der Waals surface area contributed by atoms with Gasteiger partial charge in [0.05, 0.1) is 0 Å². The van der Waals surface area contributed by atoms with Crippen LogP contribution in [0.25, 0.3) is 6.08 Å². The van der Waals surface area contributed by atoms with Gasteiger partial charge in [-0.05, 0) is 42.1 Å². The molecular formula is C23H30N2O3S2. The molecule has 162 valence electrons. The molecule has 30 heavy (non-hydrogen) atoms. The maximum absolute atomic E-state index is 12.8. The molecule has 7 heteroatoms. The number of rotatable bonds is 12. The summed E-state index contributed by atoms with van der Waals surface area (Å²) < 4.78 is 27.6. The van der Waals surface area contributed by atoms with E-state index < -0.39 is 16.1 Å². The lowest BCUT2D eigenvalue weighted by atomic mass is 9.96. The third-order valence-electron chi connectivity index (χ3n) is 4.76. The summed E-state index contributed by atoms with van der Waals surface area (Å²) in [7, 11) is -3.75. The molecule has 0 aliphatic rings. The van der Waals surface area contributed by atoms with Crippen molar-refractivity contribution in [1.82, 2.24) is 10.0 Å². The van der Waals surface area contributed by atoms with Crippen LogP contribution < -0.4 is 10.0 Å². The molecule has 2 aromatic rings. The van der Waals surface area contributed by atoms with Crippen molar-refractivity contribution in [2.24, 2.45) is 0 Å². The molecule has 0 spiro atoms. The second kappa shape index (κ2) is 12.6. The van der Waals surface area contributed by atoms with Crippen LogP contribution >= 0.6 is 11.8 Å². The van der Waals surface area contributed by atoms with Gasteiger partial charge in [-0.2, -0.15) is 16.5 Å². The standard InChI is InChI=1S/C23H30N2O3S2/c1-3-20(21-12-8-5-9-13-21)18-24-23(26)22(14-16-29-2)25-30(27,28)17-15-19-10-6-4-7-11-19/h4-13,15,17,20,22,25H,3,14,16,18H2,1-2H3,(H,24,26)/b17-15+. The topological polar surface area (TPSA) is 75.3 Å². The minimum absolute atomic E-state index is 0.186. The average molecular weight is 447 g/mol. The minimum Gasteiger partial charge on any atom is -0.354 e. The first-order valence-electron chi connectivity index (χ1n) is 10.0. The van der Waals surface area contributed by atoms with Crippen molar-refractivity contribution in [1.29, 1.82) is 0 Å². The van der Waals surface area contributed by atoms with E-state index in [0.717, 1.165) is 23.0 Å². The summed E-state index contributed by atoms with van der Waals surface area (Å²) in [5.41, 5.74) is 1.94. The fourth-order valence-corrected chi connectivity index (χ4v) is 4.53. The van der Waals surface area contributed by atoms with Gasteiger partial charge in [0, 0.05) is 17.9 Å². The Morgan fingerprint density at radius 3 is 2.30 bits per heavy atom. The van der Waals surface area contributed by atoms with Crippen molar-refractivity contribution in [2.75, 3.05) is 18.6 Å². The van der Waals surface area contributed by atoms with E-state index >= 15 is 0 Å². The fourth-order valence-electron chi connectivity index (χ4n) is 3.02. The lowest BCUT2D eigenvalue weighted by molar-refractivity contribution is -0.122. The highest BCUT2D eigenvalue weighted by Crippen LogP contribution is 2.18. The van der Waals surface area contributed by atoms with Crippen LogP contribution in [-0.4, -0.2) is 38.9 Å². The van der Waals surface area contributed by atoms with Gasteiger partial charge in [-0.3, -0.25) is 4.79 Å². The third kappa shape index (κ3) is 8.34. The summed E-state index contributed by atoms with van der Waals surface area (Å²) in [4.78, 5) is 12.8. The highest BCUT2D eigenvalue weighted by molar-refractivity contribution is 7.98. The van der Waals surface area contributed by atoms with Crippen LogP contribution in [-0.2, 0) is 14.8 Å². The van der Waals surface area contributed by atoms with Crippen LogP contribution in [0.5, 0.6) is 0 Å². The summed E-state index contributed by atoms with van der Waals surface area (Å²) in [5, 5.41) is 4.05. The first kappa shape index (κ1) is 24.2. The fraction of sp³-hybridized carbons (Fsp3) is 0.348. The van der Waals surface area contributed by atoms with E-state index in [1.54, 1.807) is 11.8 Å². The maximum atomic E-state index is 12.8. The Kier molecular flexibility index (Phi) is 10.1. The molecule has 2 atom stereocenters. The van der Waals surface area contributed by atoms with E-state index in [2.05, 4.69) is 17.0 Å². The SMILES string of the molecule is CCC(CNC(=O)C(CCSC)NS(=O)(=O)/C=C/c1ccccc1)c1ccccc1. The van der Waals surface area contributed by atoms with E-state index in [1.807, 2.05) is 66.9 Å². The number of hydrogen-bond acceptors (Lipinski definition) is 4. The molecule has 0 aliphatic heterocycles. The molecule has 1 amide bonds. The van der Waals surface area contributed by atoms with E-state index in [9.17, 15) is 13.2 Å². The van der Waals surface area contributed by atoms with Crippen LogP contribution in [0.1, 0.15) is 36.8 Å². The van der Waals surface area contributed by atoms with Crippen LogP contribution in [0.15, 0.2) is 66.1 Å². The summed E-state index contributed by atoms with van der Waals surface area (Å²) in [6.45, 7) is 2.54. The Bertz CT molecular complexity index is 901. The minimum atomic E-state index is -3.75. The van der Waals surface area contributed by atoms with Gasteiger partial charge < -0.3 is 5.32 Å². The molecule has 0 radical (unpaired) electrons. The predicted molar refractivity (Wildman–Crippen MR) is 127 cm³/mol. The normalized spacial score (nSPS) is 13.8. The summed E-state index contributed by atoms with van der Waals surface area (Å²) in [6, 6.07) is 18.4. The first-order chi connectivity index (χ1) is 14.4. The maximum Gasteiger partial charge on any atom is 0.238 e. The molecule has 0 saturated heterocycles. The van der Waals surface area contributed by atoms with Crippen molar-refractivity contribution in [2.45, 2.75) is 31.7 Å². The van der Waals surface area contributed by atoms with Crippen molar-refractivity contribution < 1.29 is 13.2 Å². The molecule has 2 unspecified atom stereocenters. The van der Waals surface area contributed by atoms with Crippen molar-refractivity contribution >= 4 is 33.8 Å². The molecule has 0 fully saturated rings. The number of nitrogens with one attached hydrogen (secondary N) is 2. The van der Waals surface area contributed by atoms with Crippen molar-refractivity contribution in [3.63, 3.8) is 0 Å². The first-order valence-corrected chi connectivity index (χ1v) is 13.0. The average Bonchev–Trinajstić information content (AvgIpc) is 2.77. The van der Waals surface area contributed by atoms with Gasteiger partial charge in [-0.1, -0.05) is 67.6 Å². The number of hydrogen-bond donors (Lipinski definition) is 2. The molecule has 0 aromatic heterocycles. The smallest absolute Gasteiger partial charge is 0.238 e. The number of benzene rings is 2. The third-order valence-corrected chi connectivity index (χ3v) is 6.51. The lowest BCUT2D eigenvalue weighted by Gasteiger charge is -2.20. The molecule has 0 heterocycles. The zero-order valence-electron chi connectivity index (χ0n) is 17.5. The summed E-state index contributed by atoms with van der Waals surface area (Å²) in [5.74, 6) is 0.569. The number of carbonyl (C=O) groups excluding carboxylic acids is 1. The highest BCUT2D eigenvalue weighted by Gasteiger charge is 2.23. The Morgan fingerprint density at radius 2 is 1.70 bits per heavy atom. The molecule has 5 nitrogen and oxygen atoms in total. The van der Waals surface area contributed by atoms with E-state index in [-0.39, 0.29) is 11.8 Å². The zero-order valence-corrected chi connectivity index (χ0v) is 19.1. The summed E-state index contributed by atoms with van der Waals surface area (Å²) in [6.07, 6.45) is 4.76. The van der Waals surface area contributed by atoms with E-state index in [4.69, 9.17) is 0 Å². The predicted octanol–water partition coefficient (Wildman–Crippen LogP) is 4.01. The van der Waals surface area contributed by atoms with Gasteiger partial charge in [0.15, 0.2) is 0 Å². The largest absolute Gasteiger partial charge is 0.354 e. The number of sulfonamides is 1. The molecule has 2 aromatic carbocycles. The molecule has 0 saturated carbocycles. The van der Waals surface area contributed by atoms with Crippen LogP contribution in [0.2, 0.25) is 0 Å². The van der Waals surface area contributed by atoms with Gasteiger partial charge >= 0.3 is 0 Å². The second-order valence-electron chi connectivity index (χ2n) is 6.97. The van der Waals surface area contributed by atoms with Crippen molar-refractivity contribution in [3.8, 4) is 0 Å². The second-order valence-corrected chi connectivity index (χ2v) is 9.55. The van der Waals surface area contributed by atoms with Gasteiger partial charge in [0.25, 0.3) is 0 Å². The molecule has 2 N–H and O–H groups in total. The number of amides is 1. The quantitative estimate of drug-likeness (QED) is 0.517. The van der Waals surface area contributed by atoms with Crippen LogP contribution in [0.4, 0.5) is 0 Å². The van der Waals surface area contributed by atoms with Crippen molar-refractivity contribution in [3.05, 3.63) is 77.2 Å². The Morgan fingerprint density at radius 1 is 1.07 bits per heavy atom. The monoisotopic (exact) mass is 446 g/mol. The Hall–Kier alpha value is -2.09. The Labute approximate surface area is 184 Å². The van der Waals surface area contributed by atoms with E-state index in [1.165, 1.54) is 6.08 Å².